The van der Waals surface area contributed by atoms with Crippen LogP contribution in [0.5, 0.6) is 5.75 Å². The van der Waals surface area contributed by atoms with Gasteiger partial charge in [-0.3, -0.25) is 4.79 Å². The second-order valence-corrected chi connectivity index (χ2v) is 4.23. The van der Waals surface area contributed by atoms with Crippen molar-refractivity contribution in [1.82, 2.24) is 19.6 Å². The van der Waals surface area contributed by atoms with E-state index in [0.29, 0.717) is 10.6 Å². The van der Waals surface area contributed by atoms with E-state index in [-0.39, 0.29) is 11.7 Å². The number of aromatic hydroxyl groups is 1. The Hall–Kier alpha value is -2.09. The summed E-state index contributed by atoms with van der Waals surface area (Å²) in [5.74, 6) is -0.138. The number of carbonyl (C=O) groups is 1. The van der Waals surface area contributed by atoms with E-state index in [0.717, 1.165) is 0 Å². The van der Waals surface area contributed by atoms with Crippen molar-refractivity contribution in [2.45, 2.75) is 11.8 Å². The van der Waals surface area contributed by atoms with Crippen molar-refractivity contribution in [3.8, 4) is 5.75 Å². The number of aromatic nitrogens is 4. The topological polar surface area (TPSA) is 92.9 Å². The van der Waals surface area contributed by atoms with Crippen LogP contribution in [0.25, 0.3) is 0 Å². The molecule has 0 saturated heterocycles. The lowest BCUT2D eigenvalue weighted by molar-refractivity contribution is -0.114. The van der Waals surface area contributed by atoms with Crippen LogP contribution in [-0.4, -0.2) is 30.6 Å². The standard InChI is InChI=1S/C9H9N5O2S/c1-6(15)11-7-2-8(16)4-9(3-7)17-14-5-10-12-13-14/h2-5,16H,1H3,(H,11,15). The summed E-state index contributed by atoms with van der Waals surface area (Å²) >= 11 is 1.22. The zero-order valence-electron chi connectivity index (χ0n) is 8.86. The molecule has 0 spiro atoms. The van der Waals surface area contributed by atoms with Crippen LogP contribution in [0.3, 0.4) is 0 Å². The number of hydrogen-bond acceptors (Lipinski definition) is 6. The third-order valence-electron chi connectivity index (χ3n) is 1.74. The van der Waals surface area contributed by atoms with Gasteiger partial charge in [0.05, 0.1) is 0 Å². The molecule has 0 saturated carbocycles. The summed E-state index contributed by atoms with van der Waals surface area (Å²) in [4.78, 5) is 11.6. The number of phenolic OH excluding ortho intramolecular Hbond substituents is 1. The van der Waals surface area contributed by atoms with E-state index in [2.05, 4.69) is 20.8 Å². The summed E-state index contributed by atoms with van der Waals surface area (Å²) in [6, 6.07) is 4.73. The first kappa shape index (κ1) is 11.4. The van der Waals surface area contributed by atoms with E-state index in [1.807, 2.05) is 0 Å². The fraction of sp³-hybridized carbons (Fsp3) is 0.111. The van der Waals surface area contributed by atoms with Gasteiger partial charge in [0.1, 0.15) is 5.75 Å². The van der Waals surface area contributed by atoms with E-state index >= 15 is 0 Å². The molecular formula is C9H9N5O2S. The minimum atomic E-state index is -0.200. The quantitative estimate of drug-likeness (QED) is 0.841. The fourth-order valence-electron chi connectivity index (χ4n) is 1.21. The van der Waals surface area contributed by atoms with Crippen molar-refractivity contribution in [3.63, 3.8) is 0 Å². The van der Waals surface area contributed by atoms with Gasteiger partial charge in [-0.05, 0) is 22.6 Å². The summed E-state index contributed by atoms with van der Waals surface area (Å²) < 4.78 is 1.44. The Bertz CT molecular complexity index is 528. The number of benzene rings is 1. The number of rotatable bonds is 3. The van der Waals surface area contributed by atoms with Gasteiger partial charge in [0, 0.05) is 35.5 Å². The van der Waals surface area contributed by atoms with Crippen LogP contribution in [0.15, 0.2) is 29.4 Å². The molecule has 0 aliphatic heterocycles. The van der Waals surface area contributed by atoms with Crippen molar-refractivity contribution in [2.75, 3.05) is 5.32 Å². The van der Waals surface area contributed by atoms with Crippen LogP contribution in [0, 0.1) is 0 Å². The lowest BCUT2D eigenvalue weighted by Crippen LogP contribution is -2.05. The molecule has 0 unspecified atom stereocenters. The van der Waals surface area contributed by atoms with Crippen molar-refractivity contribution in [1.29, 1.82) is 0 Å². The smallest absolute Gasteiger partial charge is 0.221 e. The SMILES string of the molecule is CC(=O)Nc1cc(O)cc(Sn2cnnn2)c1. The molecule has 1 aromatic heterocycles. The number of phenols is 1. The maximum absolute atomic E-state index is 10.9. The molecule has 1 aromatic carbocycles. The van der Waals surface area contributed by atoms with E-state index in [1.165, 1.54) is 35.4 Å². The molecule has 2 aromatic rings. The van der Waals surface area contributed by atoms with Crippen LogP contribution in [0.2, 0.25) is 0 Å². The van der Waals surface area contributed by atoms with Crippen molar-refractivity contribution in [2.24, 2.45) is 0 Å². The Kier molecular flexibility index (Phi) is 3.24. The van der Waals surface area contributed by atoms with Gasteiger partial charge in [0.15, 0.2) is 6.33 Å². The Labute approximate surface area is 101 Å². The first-order chi connectivity index (χ1) is 8.13. The van der Waals surface area contributed by atoms with Gasteiger partial charge < -0.3 is 10.4 Å². The van der Waals surface area contributed by atoms with Crippen LogP contribution >= 0.6 is 11.9 Å². The van der Waals surface area contributed by atoms with Gasteiger partial charge >= 0.3 is 0 Å². The summed E-state index contributed by atoms with van der Waals surface area (Å²) in [6.07, 6.45) is 1.44. The highest BCUT2D eigenvalue weighted by Crippen LogP contribution is 2.27. The van der Waals surface area contributed by atoms with Gasteiger partial charge in [-0.2, -0.15) is 4.09 Å². The van der Waals surface area contributed by atoms with Crippen molar-refractivity contribution >= 4 is 23.5 Å². The fourth-order valence-corrected chi connectivity index (χ4v) is 1.94. The minimum absolute atomic E-state index is 0.0619. The highest BCUT2D eigenvalue weighted by molar-refractivity contribution is 7.97. The van der Waals surface area contributed by atoms with Gasteiger partial charge in [-0.1, -0.05) is 0 Å². The van der Waals surface area contributed by atoms with Gasteiger partial charge in [-0.15, -0.1) is 5.10 Å². The Morgan fingerprint density at radius 2 is 2.29 bits per heavy atom. The number of nitrogens with zero attached hydrogens (tertiary/aromatic N) is 4. The number of hydrogen-bond donors (Lipinski definition) is 2. The average molecular weight is 251 g/mol. The lowest BCUT2D eigenvalue weighted by Gasteiger charge is -2.06. The summed E-state index contributed by atoms with van der Waals surface area (Å²) in [5.41, 5.74) is 0.521. The number of nitrogens with one attached hydrogen (secondary N) is 1. The molecule has 1 amide bonds. The molecule has 0 atom stereocenters. The molecule has 0 aliphatic carbocycles. The lowest BCUT2D eigenvalue weighted by atomic mass is 10.3. The zero-order chi connectivity index (χ0) is 12.3. The van der Waals surface area contributed by atoms with Crippen LogP contribution < -0.4 is 5.32 Å². The van der Waals surface area contributed by atoms with E-state index in [4.69, 9.17) is 0 Å². The largest absolute Gasteiger partial charge is 0.508 e. The molecule has 1 heterocycles. The maximum atomic E-state index is 10.9. The maximum Gasteiger partial charge on any atom is 0.221 e. The zero-order valence-corrected chi connectivity index (χ0v) is 9.68. The third-order valence-corrected chi connectivity index (χ3v) is 2.54. The van der Waals surface area contributed by atoms with Gasteiger partial charge in [0.25, 0.3) is 0 Å². The molecule has 2 rings (SSSR count). The van der Waals surface area contributed by atoms with Crippen LogP contribution in [0.4, 0.5) is 5.69 Å². The van der Waals surface area contributed by atoms with Crippen LogP contribution in [0.1, 0.15) is 6.92 Å². The molecule has 0 aliphatic rings. The second-order valence-electron chi connectivity index (χ2n) is 3.20. The number of anilines is 1. The Morgan fingerprint density at radius 1 is 1.47 bits per heavy atom. The molecular weight excluding hydrogens is 242 g/mol. The molecule has 17 heavy (non-hydrogen) atoms. The Balaban J connectivity index is 2.22. The van der Waals surface area contributed by atoms with Crippen molar-refractivity contribution in [3.05, 3.63) is 24.5 Å². The normalized spacial score (nSPS) is 10.2. The summed E-state index contributed by atoms with van der Waals surface area (Å²) in [5, 5.41) is 22.8. The van der Waals surface area contributed by atoms with Crippen molar-refractivity contribution < 1.29 is 9.90 Å². The molecule has 0 radical (unpaired) electrons. The first-order valence-corrected chi connectivity index (χ1v) is 5.44. The molecule has 0 bridgehead atoms. The molecule has 7 nitrogen and oxygen atoms in total. The van der Waals surface area contributed by atoms with E-state index in [9.17, 15) is 9.90 Å². The predicted octanol–water partition coefficient (Wildman–Crippen LogP) is 0.892. The third kappa shape index (κ3) is 3.18. The van der Waals surface area contributed by atoms with Gasteiger partial charge in [-0.25, -0.2) is 0 Å². The first-order valence-electron chi connectivity index (χ1n) is 4.66. The van der Waals surface area contributed by atoms with Gasteiger partial charge in [0.2, 0.25) is 5.91 Å². The number of amides is 1. The Morgan fingerprint density at radius 3 is 2.94 bits per heavy atom. The monoisotopic (exact) mass is 251 g/mol. The highest BCUT2D eigenvalue weighted by Gasteiger charge is 2.04. The number of carbonyl (C=O) groups excluding carboxylic acids is 1. The van der Waals surface area contributed by atoms with E-state index in [1.54, 1.807) is 12.1 Å². The van der Waals surface area contributed by atoms with E-state index < -0.39 is 0 Å². The predicted molar refractivity (Wildman–Crippen MR) is 61.5 cm³/mol. The molecule has 8 heteroatoms. The molecule has 88 valence electrons. The van der Waals surface area contributed by atoms with Crippen LogP contribution in [-0.2, 0) is 4.79 Å². The summed E-state index contributed by atoms with van der Waals surface area (Å²) in [7, 11) is 0. The highest BCUT2D eigenvalue weighted by atomic mass is 32.2. The number of tetrazole rings is 1. The minimum Gasteiger partial charge on any atom is -0.508 e. The second kappa shape index (κ2) is 4.83. The molecule has 2 N–H and O–H groups in total. The molecule has 0 fully saturated rings. The summed E-state index contributed by atoms with van der Waals surface area (Å²) in [6.45, 7) is 1.40. The average Bonchev–Trinajstić information content (AvgIpc) is 2.67.